The largest absolute Gasteiger partial charge is 0.342 e. The van der Waals surface area contributed by atoms with Gasteiger partial charge >= 0.3 is 0 Å². The molecule has 3 atom stereocenters. The van der Waals surface area contributed by atoms with Crippen molar-refractivity contribution < 1.29 is 27.7 Å². The summed E-state index contributed by atoms with van der Waals surface area (Å²) in [5, 5.41) is 17.0. The van der Waals surface area contributed by atoms with Gasteiger partial charge < -0.3 is 15.5 Å². The fraction of sp³-hybridized carbons (Fsp3) is 0.500. The molecule has 0 unspecified atom stereocenters. The van der Waals surface area contributed by atoms with E-state index in [1.165, 1.54) is 42.2 Å². The van der Waals surface area contributed by atoms with Crippen molar-refractivity contribution in [1.82, 2.24) is 20.3 Å². The van der Waals surface area contributed by atoms with E-state index < -0.39 is 55.6 Å². The summed E-state index contributed by atoms with van der Waals surface area (Å²) in [6.07, 6.45) is 1.54. The number of sulfonamides is 1. The number of hydrogen-bond acceptors (Lipinski definition) is 8. The molecule has 12 nitrogen and oxygen atoms in total. The van der Waals surface area contributed by atoms with Gasteiger partial charge in [-0.2, -0.15) is 0 Å². The maximum atomic E-state index is 14.1. The van der Waals surface area contributed by atoms with Gasteiger partial charge in [0.05, 0.1) is 22.8 Å². The van der Waals surface area contributed by atoms with Crippen molar-refractivity contribution in [3.8, 4) is 0 Å². The molecule has 0 saturated carbocycles. The lowest BCUT2D eigenvalue weighted by Gasteiger charge is -2.40. The Bertz CT molecular complexity index is 1560. The molecule has 3 N–H and O–H groups in total. The Morgan fingerprint density at radius 2 is 1.51 bits per heavy atom. The molecule has 0 heterocycles. The molecule has 2 aromatic carbocycles. The minimum Gasteiger partial charge on any atom is -0.342 e. The zero-order valence-corrected chi connectivity index (χ0v) is 29.8. The quantitative estimate of drug-likeness (QED) is 0.154. The van der Waals surface area contributed by atoms with E-state index in [4.69, 9.17) is 0 Å². The SMILES string of the molecule is CN[C@H](C(=O)N[C@H](C(=O)N(C)[C@H](/C=C(\C)C(=O)NS(=O)(=O)Cc1ccc([N+](=O)[O-])cc1)C(C)C)C(C)(C)C)C(C)(C)c1ccccc1. The molecule has 0 spiro atoms. The number of non-ortho nitro benzene ring substituents is 1. The van der Waals surface area contributed by atoms with Crippen LogP contribution in [0.5, 0.6) is 0 Å². The lowest BCUT2D eigenvalue weighted by atomic mass is 9.76. The van der Waals surface area contributed by atoms with E-state index in [-0.39, 0.29) is 34.6 Å². The van der Waals surface area contributed by atoms with Crippen molar-refractivity contribution in [3.63, 3.8) is 0 Å². The zero-order valence-electron chi connectivity index (χ0n) is 29.0. The molecule has 0 bridgehead atoms. The number of carbonyl (C=O) groups is 3. The fourth-order valence-electron chi connectivity index (χ4n) is 5.35. The van der Waals surface area contributed by atoms with E-state index in [0.29, 0.717) is 0 Å². The molecule has 47 heavy (non-hydrogen) atoms. The van der Waals surface area contributed by atoms with Gasteiger partial charge in [-0.15, -0.1) is 0 Å². The molecule has 0 aliphatic heterocycles. The number of carbonyl (C=O) groups excluding carboxylic acids is 3. The molecule has 2 aromatic rings. The monoisotopic (exact) mass is 671 g/mol. The number of rotatable bonds is 14. The first-order valence-electron chi connectivity index (χ1n) is 15.4. The van der Waals surface area contributed by atoms with Gasteiger partial charge in [-0.1, -0.05) is 97.0 Å². The van der Waals surface area contributed by atoms with Crippen molar-refractivity contribution in [2.75, 3.05) is 14.1 Å². The Labute approximate surface area is 278 Å². The topological polar surface area (TPSA) is 168 Å². The first-order chi connectivity index (χ1) is 21.6. The van der Waals surface area contributed by atoms with Gasteiger partial charge in [0.1, 0.15) is 6.04 Å². The van der Waals surface area contributed by atoms with Gasteiger partial charge in [-0.25, -0.2) is 13.1 Å². The molecule has 0 aliphatic carbocycles. The van der Waals surface area contributed by atoms with Crippen LogP contribution in [0.4, 0.5) is 5.69 Å². The van der Waals surface area contributed by atoms with Crippen molar-refractivity contribution in [2.45, 2.75) is 84.7 Å². The summed E-state index contributed by atoms with van der Waals surface area (Å²) in [6, 6.07) is 12.4. The first-order valence-corrected chi connectivity index (χ1v) is 17.0. The van der Waals surface area contributed by atoms with Crippen LogP contribution in [-0.2, 0) is 35.6 Å². The number of nitrogens with zero attached hydrogens (tertiary/aromatic N) is 2. The minimum absolute atomic E-state index is 0.0758. The molecule has 0 aliphatic rings. The van der Waals surface area contributed by atoms with Crippen LogP contribution in [0.2, 0.25) is 0 Å². The molecule has 2 rings (SSSR count). The molecule has 13 heteroatoms. The average molecular weight is 672 g/mol. The minimum atomic E-state index is -4.14. The summed E-state index contributed by atoms with van der Waals surface area (Å²) in [5.41, 5.74) is -0.168. The van der Waals surface area contributed by atoms with Gasteiger partial charge in [-0.3, -0.25) is 24.5 Å². The first kappa shape index (κ1) is 39.1. The van der Waals surface area contributed by atoms with Crippen molar-refractivity contribution in [3.05, 3.63) is 87.5 Å². The predicted octanol–water partition coefficient (Wildman–Crippen LogP) is 4.07. The van der Waals surface area contributed by atoms with E-state index >= 15 is 0 Å². The van der Waals surface area contributed by atoms with E-state index in [1.807, 2.05) is 83.5 Å². The van der Waals surface area contributed by atoms with E-state index in [9.17, 15) is 32.9 Å². The highest BCUT2D eigenvalue weighted by Gasteiger charge is 2.41. The van der Waals surface area contributed by atoms with Gasteiger partial charge in [0, 0.05) is 30.2 Å². The van der Waals surface area contributed by atoms with E-state index in [0.717, 1.165) is 5.56 Å². The molecular weight excluding hydrogens is 622 g/mol. The Balaban J connectivity index is 2.28. The van der Waals surface area contributed by atoms with Crippen LogP contribution >= 0.6 is 0 Å². The molecule has 0 radical (unpaired) electrons. The number of nitro benzene ring substituents is 1. The van der Waals surface area contributed by atoms with E-state index in [1.54, 1.807) is 14.1 Å². The molecule has 0 fully saturated rings. The van der Waals surface area contributed by atoms with Crippen LogP contribution < -0.4 is 15.4 Å². The smallest absolute Gasteiger partial charge is 0.269 e. The predicted molar refractivity (Wildman–Crippen MR) is 183 cm³/mol. The highest BCUT2D eigenvalue weighted by Crippen LogP contribution is 2.29. The summed E-state index contributed by atoms with van der Waals surface area (Å²) in [7, 11) is -0.844. The second kappa shape index (κ2) is 15.7. The van der Waals surface area contributed by atoms with Gasteiger partial charge in [0.2, 0.25) is 21.8 Å². The highest BCUT2D eigenvalue weighted by molar-refractivity contribution is 7.89. The summed E-state index contributed by atoms with van der Waals surface area (Å²) < 4.78 is 27.5. The second-order valence-corrected chi connectivity index (χ2v) is 15.5. The number of amides is 3. The molecule has 0 aromatic heterocycles. The molecule has 0 saturated heterocycles. The van der Waals surface area contributed by atoms with Gasteiger partial charge in [0.25, 0.3) is 11.6 Å². The van der Waals surface area contributed by atoms with Crippen LogP contribution in [-0.4, -0.2) is 68.2 Å². The highest BCUT2D eigenvalue weighted by atomic mass is 32.2. The van der Waals surface area contributed by atoms with Crippen molar-refractivity contribution in [1.29, 1.82) is 0 Å². The fourth-order valence-corrected chi connectivity index (χ4v) is 6.50. The normalized spacial score (nSPS) is 14.6. The second-order valence-electron chi connectivity index (χ2n) is 13.8. The van der Waals surface area contributed by atoms with Crippen LogP contribution in [0.3, 0.4) is 0 Å². The molecule has 258 valence electrons. The lowest BCUT2D eigenvalue weighted by Crippen LogP contribution is -2.61. The average Bonchev–Trinajstić information content (AvgIpc) is 2.97. The number of nitrogens with one attached hydrogen (secondary N) is 3. The van der Waals surface area contributed by atoms with Gasteiger partial charge in [-0.05, 0) is 36.4 Å². The summed E-state index contributed by atoms with van der Waals surface area (Å²) in [5.74, 6) is -2.31. The Hall–Kier alpha value is -4.10. The summed E-state index contributed by atoms with van der Waals surface area (Å²) >= 11 is 0. The van der Waals surface area contributed by atoms with E-state index in [2.05, 4.69) is 10.6 Å². The number of likely N-dealkylation sites (N-methyl/N-ethyl adjacent to an activating group) is 2. The van der Waals surface area contributed by atoms with Crippen molar-refractivity contribution in [2.24, 2.45) is 11.3 Å². The Kier molecular flexibility index (Phi) is 13.0. The number of benzene rings is 2. The number of nitro groups is 1. The standard InChI is InChI=1S/C34H49N5O7S/c1-22(2)27(20-23(3)30(40)37-47(45,46)21-24-16-18-26(19-17-24)39(43)44)38(10)32(42)29(33(4,5)6)36-31(41)28(35-9)34(7,8)25-14-12-11-13-15-25/h11-20,22,27-29,35H,21H2,1-10H3,(H,36,41)(H,37,40)/b23-20+/t27-,28-,29-/m1/s1. The summed E-state index contributed by atoms with van der Waals surface area (Å²) in [6.45, 7) is 14.7. The van der Waals surface area contributed by atoms with Crippen molar-refractivity contribution >= 4 is 33.4 Å². The molecule has 3 amide bonds. The van der Waals surface area contributed by atoms with Crippen LogP contribution in [0.1, 0.15) is 66.5 Å². The van der Waals surface area contributed by atoms with Crippen LogP contribution in [0.25, 0.3) is 0 Å². The third-order valence-electron chi connectivity index (χ3n) is 8.20. The third kappa shape index (κ3) is 10.4. The Morgan fingerprint density at radius 3 is 1.98 bits per heavy atom. The third-order valence-corrected chi connectivity index (χ3v) is 9.41. The van der Waals surface area contributed by atoms with Crippen LogP contribution in [0, 0.1) is 21.4 Å². The maximum absolute atomic E-state index is 14.1. The lowest BCUT2D eigenvalue weighted by molar-refractivity contribution is -0.384. The molecular formula is C34H49N5O7S. The van der Waals surface area contributed by atoms with Gasteiger partial charge in [0.15, 0.2) is 0 Å². The number of hydrogen-bond donors (Lipinski definition) is 3. The van der Waals surface area contributed by atoms with Crippen LogP contribution in [0.15, 0.2) is 66.2 Å². The summed E-state index contributed by atoms with van der Waals surface area (Å²) in [4.78, 5) is 52.6. The Morgan fingerprint density at radius 1 is 0.957 bits per heavy atom. The zero-order chi connectivity index (χ0) is 35.9. The maximum Gasteiger partial charge on any atom is 0.269 e.